The van der Waals surface area contributed by atoms with Crippen LogP contribution in [0.3, 0.4) is 0 Å². The predicted molar refractivity (Wildman–Crippen MR) is 77.7 cm³/mol. The SMILES string of the molecule is CCC1(C(=O)Nc2ccc(Br)cc2C#N)CCNC1. The molecule has 2 N–H and O–H groups in total. The molecule has 2 rings (SSSR count). The van der Waals surface area contributed by atoms with Gasteiger partial charge in [0.15, 0.2) is 0 Å². The van der Waals surface area contributed by atoms with Gasteiger partial charge in [0.25, 0.3) is 0 Å². The van der Waals surface area contributed by atoms with Gasteiger partial charge in [0.2, 0.25) is 5.91 Å². The highest BCUT2D eigenvalue weighted by Gasteiger charge is 2.39. The van der Waals surface area contributed by atoms with Gasteiger partial charge in [-0.15, -0.1) is 0 Å². The van der Waals surface area contributed by atoms with Crippen molar-refractivity contribution in [2.45, 2.75) is 19.8 Å². The number of hydrogen-bond acceptors (Lipinski definition) is 3. The minimum Gasteiger partial charge on any atom is -0.324 e. The molecular formula is C14H16BrN3O. The second-order valence-corrected chi connectivity index (χ2v) is 5.73. The first-order valence-corrected chi connectivity index (χ1v) is 7.12. The Kier molecular flexibility index (Phi) is 4.23. The number of nitrogens with zero attached hydrogens (tertiary/aromatic N) is 1. The molecule has 1 aliphatic heterocycles. The molecule has 19 heavy (non-hydrogen) atoms. The summed E-state index contributed by atoms with van der Waals surface area (Å²) in [6.07, 6.45) is 1.64. The summed E-state index contributed by atoms with van der Waals surface area (Å²) in [7, 11) is 0. The maximum absolute atomic E-state index is 12.4. The van der Waals surface area contributed by atoms with Crippen molar-refractivity contribution in [2.75, 3.05) is 18.4 Å². The number of nitriles is 1. The average Bonchev–Trinajstić information content (AvgIpc) is 2.90. The Bertz CT molecular complexity index is 530. The molecule has 1 aromatic carbocycles. The van der Waals surface area contributed by atoms with Gasteiger partial charge in [0.05, 0.1) is 16.7 Å². The molecule has 1 aliphatic rings. The molecule has 100 valence electrons. The van der Waals surface area contributed by atoms with Crippen molar-refractivity contribution in [1.82, 2.24) is 5.32 Å². The number of nitrogens with one attached hydrogen (secondary N) is 2. The third-order valence-electron chi connectivity index (χ3n) is 3.75. The van der Waals surface area contributed by atoms with Crippen molar-refractivity contribution in [3.8, 4) is 6.07 Å². The molecular weight excluding hydrogens is 306 g/mol. The molecule has 0 aromatic heterocycles. The Morgan fingerprint density at radius 2 is 2.42 bits per heavy atom. The van der Waals surface area contributed by atoms with Crippen LogP contribution in [0.5, 0.6) is 0 Å². The highest BCUT2D eigenvalue weighted by Crippen LogP contribution is 2.31. The normalized spacial score (nSPS) is 21.9. The fraction of sp³-hybridized carbons (Fsp3) is 0.429. The first kappa shape index (κ1) is 14.0. The van der Waals surface area contributed by atoms with E-state index < -0.39 is 0 Å². The molecule has 5 heteroatoms. The van der Waals surface area contributed by atoms with E-state index in [1.807, 2.05) is 13.0 Å². The first-order valence-electron chi connectivity index (χ1n) is 6.33. The van der Waals surface area contributed by atoms with Gasteiger partial charge in [-0.25, -0.2) is 0 Å². The zero-order valence-electron chi connectivity index (χ0n) is 10.8. The molecule has 1 aromatic rings. The number of benzene rings is 1. The van der Waals surface area contributed by atoms with Crippen LogP contribution in [0.15, 0.2) is 22.7 Å². The van der Waals surface area contributed by atoms with E-state index in [1.54, 1.807) is 12.1 Å². The van der Waals surface area contributed by atoms with Crippen LogP contribution in [-0.4, -0.2) is 19.0 Å². The Morgan fingerprint density at radius 3 is 3.00 bits per heavy atom. The third kappa shape index (κ3) is 2.80. The van der Waals surface area contributed by atoms with E-state index in [1.165, 1.54) is 0 Å². The predicted octanol–water partition coefficient (Wildman–Crippen LogP) is 2.65. The summed E-state index contributed by atoms with van der Waals surface area (Å²) >= 11 is 3.32. The molecule has 1 fully saturated rings. The summed E-state index contributed by atoms with van der Waals surface area (Å²) in [5.41, 5.74) is 0.704. The minimum absolute atomic E-state index is 0.00109. The van der Waals surface area contributed by atoms with Gasteiger partial charge < -0.3 is 10.6 Å². The lowest BCUT2D eigenvalue weighted by Gasteiger charge is -2.25. The molecule has 1 unspecified atom stereocenters. The highest BCUT2D eigenvalue weighted by molar-refractivity contribution is 9.10. The Hall–Kier alpha value is -1.38. The average molecular weight is 322 g/mol. The van der Waals surface area contributed by atoms with E-state index in [9.17, 15) is 4.79 Å². The molecule has 1 atom stereocenters. The first-order chi connectivity index (χ1) is 9.11. The lowest BCUT2D eigenvalue weighted by atomic mass is 9.83. The second-order valence-electron chi connectivity index (χ2n) is 4.82. The van der Waals surface area contributed by atoms with E-state index in [0.717, 1.165) is 23.9 Å². The number of hydrogen-bond donors (Lipinski definition) is 2. The van der Waals surface area contributed by atoms with Crippen LogP contribution in [0.25, 0.3) is 0 Å². The van der Waals surface area contributed by atoms with Crippen molar-refractivity contribution in [3.63, 3.8) is 0 Å². The lowest BCUT2D eigenvalue weighted by Crippen LogP contribution is -2.37. The van der Waals surface area contributed by atoms with E-state index in [0.29, 0.717) is 17.8 Å². The molecule has 0 radical (unpaired) electrons. The number of halogens is 1. The summed E-state index contributed by atoms with van der Waals surface area (Å²) in [5.74, 6) is -0.00109. The van der Waals surface area contributed by atoms with Crippen molar-refractivity contribution in [1.29, 1.82) is 5.26 Å². The largest absolute Gasteiger partial charge is 0.324 e. The molecule has 4 nitrogen and oxygen atoms in total. The Balaban J connectivity index is 2.22. The van der Waals surface area contributed by atoms with E-state index >= 15 is 0 Å². The number of rotatable bonds is 3. The summed E-state index contributed by atoms with van der Waals surface area (Å²) in [6.45, 7) is 3.60. The van der Waals surface area contributed by atoms with Gasteiger partial charge in [-0.3, -0.25) is 4.79 Å². The zero-order chi connectivity index (χ0) is 13.9. The maximum Gasteiger partial charge on any atom is 0.231 e. The summed E-state index contributed by atoms with van der Waals surface area (Å²) in [4.78, 5) is 12.4. The maximum atomic E-state index is 12.4. The quantitative estimate of drug-likeness (QED) is 0.899. The number of carbonyl (C=O) groups is 1. The van der Waals surface area contributed by atoms with Gasteiger partial charge in [0, 0.05) is 11.0 Å². The third-order valence-corrected chi connectivity index (χ3v) is 4.25. The number of carbonyl (C=O) groups excluding carboxylic acids is 1. The standard InChI is InChI=1S/C14H16BrN3O/c1-2-14(5-6-17-9-14)13(19)18-12-4-3-11(15)7-10(12)8-16/h3-4,7,17H,2,5-6,9H2,1H3,(H,18,19). The highest BCUT2D eigenvalue weighted by atomic mass is 79.9. The fourth-order valence-electron chi connectivity index (χ4n) is 2.37. The fourth-order valence-corrected chi connectivity index (χ4v) is 2.73. The van der Waals surface area contributed by atoms with E-state index in [2.05, 4.69) is 32.6 Å². The molecule has 0 bridgehead atoms. The molecule has 1 amide bonds. The van der Waals surface area contributed by atoms with Gasteiger partial charge in [-0.05, 0) is 37.6 Å². The minimum atomic E-state index is -0.347. The lowest BCUT2D eigenvalue weighted by molar-refractivity contribution is -0.124. The molecule has 0 saturated carbocycles. The van der Waals surface area contributed by atoms with Crippen LogP contribution in [0, 0.1) is 16.7 Å². The van der Waals surface area contributed by atoms with Gasteiger partial charge in [-0.2, -0.15) is 5.26 Å². The molecule has 0 aliphatic carbocycles. The number of amides is 1. The van der Waals surface area contributed by atoms with Crippen molar-refractivity contribution < 1.29 is 4.79 Å². The molecule has 0 spiro atoms. The van der Waals surface area contributed by atoms with E-state index in [4.69, 9.17) is 5.26 Å². The zero-order valence-corrected chi connectivity index (χ0v) is 12.4. The summed E-state index contributed by atoms with van der Waals surface area (Å²) < 4.78 is 0.829. The summed E-state index contributed by atoms with van der Waals surface area (Å²) in [5, 5.41) is 15.2. The van der Waals surface area contributed by atoms with Crippen LogP contribution >= 0.6 is 15.9 Å². The van der Waals surface area contributed by atoms with Crippen molar-refractivity contribution in [2.24, 2.45) is 5.41 Å². The van der Waals surface area contributed by atoms with Crippen molar-refractivity contribution >= 4 is 27.5 Å². The smallest absolute Gasteiger partial charge is 0.231 e. The van der Waals surface area contributed by atoms with Crippen LogP contribution < -0.4 is 10.6 Å². The van der Waals surface area contributed by atoms with Crippen LogP contribution in [0.2, 0.25) is 0 Å². The van der Waals surface area contributed by atoms with E-state index in [-0.39, 0.29) is 11.3 Å². The van der Waals surface area contributed by atoms with Crippen LogP contribution in [0.1, 0.15) is 25.3 Å². The van der Waals surface area contributed by atoms with Crippen molar-refractivity contribution in [3.05, 3.63) is 28.2 Å². The van der Waals surface area contributed by atoms with Gasteiger partial charge in [-0.1, -0.05) is 22.9 Å². The van der Waals surface area contributed by atoms with Gasteiger partial charge in [0.1, 0.15) is 6.07 Å². The number of anilines is 1. The monoisotopic (exact) mass is 321 g/mol. The van der Waals surface area contributed by atoms with Crippen LogP contribution in [0.4, 0.5) is 5.69 Å². The Morgan fingerprint density at radius 1 is 1.63 bits per heavy atom. The Labute approximate surface area is 121 Å². The second kappa shape index (κ2) is 5.72. The summed E-state index contributed by atoms with van der Waals surface area (Å²) in [6, 6.07) is 7.39. The molecule has 1 heterocycles. The van der Waals surface area contributed by atoms with Gasteiger partial charge >= 0.3 is 0 Å². The van der Waals surface area contributed by atoms with Crippen LogP contribution in [-0.2, 0) is 4.79 Å². The topological polar surface area (TPSA) is 64.9 Å². The molecule has 1 saturated heterocycles.